The maximum absolute atomic E-state index is 13.4. The third-order valence-corrected chi connectivity index (χ3v) is 7.00. The number of hydrogen-bond donors (Lipinski definition) is 3. The fourth-order valence-corrected chi connectivity index (χ4v) is 4.64. The number of rotatable bonds is 6. The van der Waals surface area contributed by atoms with Crippen molar-refractivity contribution in [1.82, 2.24) is 24.8 Å². The largest absolute Gasteiger partial charge is 0.437 e. The first kappa shape index (κ1) is 22.8. The number of fused-ring (bicyclic) bond motifs is 1. The fraction of sp³-hybridized carbons (Fsp3) is 0.333. The van der Waals surface area contributed by atoms with Crippen molar-refractivity contribution >= 4 is 35.3 Å². The van der Waals surface area contributed by atoms with Crippen LogP contribution >= 0.6 is 12.6 Å². The van der Waals surface area contributed by atoms with Crippen molar-refractivity contribution in [2.75, 3.05) is 18.4 Å². The molecule has 0 bridgehead atoms. The van der Waals surface area contributed by atoms with E-state index in [1.54, 1.807) is 16.8 Å². The quantitative estimate of drug-likeness (QED) is 0.275. The zero-order chi connectivity index (χ0) is 24.5. The van der Waals surface area contributed by atoms with E-state index < -0.39 is 0 Å². The molecule has 36 heavy (non-hydrogen) atoms. The molecule has 0 radical (unpaired) electrons. The van der Waals surface area contributed by atoms with Crippen LogP contribution in [0, 0.1) is 23.7 Å². The summed E-state index contributed by atoms with van der Waals surface area (Å²) < 4.78 is 6.79. The Morgan fingerprint density at radius 2 is 2.06 bits per heavy atom. The van der Waals surface area contributed by atoms with Gasteiger partial charge in [-0.15, -0.1) is 12.6 Å². The van der Waals surface area contributed by atoms with Crippen LogP contribution in [-0.4, -0.2) is 32.6 Å². The molecule has 182 valence electrons. The lowest BCUT2D eigenvalue weighted by Crippen LogP contribution is -2.25. The Balaban J connectivity index is 1.31. The first-order valence-corrected chi connectivity index (χ1v) is 12.7. The number of oxazole rings is 1. The molecule has 0 spiro atoms. The number of anilines is 2. The number of thiol groups is 1. The van der Waals surface area contributed by atoms with Crippen molar-refractivity contribution in [2.45, 2.75) is 37.3 Å². The molecule has 2 N–H and O–H groups in total. The molecule has 1 aliphatic carbocycles. The van der Waals surface area contributed by atoms with Crippen molar-refractivity contribution in [3.8, 4) is 11.8 Å². The number of hydrogen-bond acceptors (Lipinski definition) is 8. The van der Waals surface area contributed by atoms with E-state index in [2.05, 4.69) is 57.2 Å². The SMILES string of the molecule is O=c1c(C#CC2CC2)cc2cnc(Nc3ccc(CC4CCNC4)cc3)nc2n1Cc1ncoc1S. The van der Waals surface area contributed by atoms with Gasteiger partial charge in [0.1, 0.15) is 11.3 Å². The molecule has 1 saturated carbocycles. The average Bonchev–Trinajstić information content (AvgIpc) is 3.41. The zero-order valence-corrected chi connectivity index (χ0v) is 20.6. The highest BCUT2D eigenvalue weighted by Gasteiger charge is 2.19. The Morgan fingerprint density at radius 3 is 2.78 bits per heavy atom. The lowest BCUT2D eigenvalue weighted by molar-refractivity contribution is 0.465. The van der Waals surface area contributed by atoms with Gasteiger partial charge in [0.15, 0.2) is 11.5 Å². The summed E-state index contributed by atoms with van der Waals surface area (Å²) in [6, 6.07) is 10.1. The third-order valence-electron chi connectivity index (χ3n) is 6.64. The summed E-state index contributed by atoms with van der Waals surface area (Å²) in [6.45, 7) is 2.36. The summed E-state index contributed by atoms with van der Waals surface area (Å²) in [5.41, 5.74) is 3.46. The van der Waals surface area contributed by atoms with E-state index in [0.717, 1.165) is 43.4 Å². The van der Waals surface area contributed by atoms with E-state index in [0.29, 0.717) is 39.8 Å². The van der Waals surface area contributed by atoms with Crippen LogP contribution in [0.5, 0.6) is 0 Å². The minimum absolute atomic E-state index is 0.171. The second-order valence-corrected chi connectivity index (χ2v) is 9.86. The molecule has 1 atom stereocenters. The second kappa shape index (κ2) is 9.80. The first-order valence-electron chi connectivity index (χ1n) is 12.2. The van der Waals surface area contributed by atoms with Crippen molar-refractivity contribution < 1.29 is 4.42 Å². The number of aromatic nitrogens is 4. The predicted octanol–water partition coefficient (Wildman–Crippen LogP) is 3.77. The van der Waals surface area contributed by atoms with Gasteiger partial charge >= 0.3 is 0 Å². The van der Waals surface area contributed by atoms with Crippen LogP contribution in [0.2, 0.25) is 0 Å². The highest BCUT2D eigenvalue weighted by Crippen LogP contribution is 2.27. The Bertz CT molecular complexity index is 1520. The van der Waals surface area contributed by atoms with E-state index in [4.69, 9.17) is 9.40 Å². The maximum atomic E-state index is 13.4. The Hall–Kier alpha value is -3.61. The van der Waals surface area contributed by atoms with Crippen molar-refractivity contribution in [2.24, 2.45) is 11.8 Å². The van der Waals surface area contributed by atoms with Gasteiger partial charge in [-0.1, -0.05) is 24.0 Å². The van der Waals surface area contributed by atoms with E-state index in [-0.39, 0.29) is 12.1 Å². The monoisotopic (exact) mass is 498 g/mol. The summed E-state index contributed by atoms with van der Waals surface area (Å²) >= 11 is 4.32. The highest BCUT2D eigenvalue weighted by atomic mass is 32.1. The third kappa shape index (κ3) is 5.01. The normalized spacial score (nSPS) is 17.2. The number of pyridine rings is 1. The predicted molar refractivity (Wildman–Crippen MR) is 141 cm³/mol. The van der Waals surface area contributed by atoms with Crippen LogP contribution in [0.15, 0.2) is 57.2 Å². The summed E-state index contributed by atoms with van der Waals surface area (Å²) in [7, 11) is 0. The maximum Gasteiger partial charge on any atom is 0.268 e. The van der Waals surface area contributed by atoms with Gasteiger partial charge < -0.3 is 15.1 Å². The van der Waals surface area contributed by atoms with Crippen LogP contribution in [-0.2, 0) is 13.0 Å². The minimum Gasteiger partial charge on any atom is -0.437 e. The van der Waals surface area contributed by atoms with E-state index in [1.807, 2.05) is 12.1 Å². The molecule has 4 aromatic rings. The van der Waals surface area contributed by atoms with Crippen LogP contribution in [0.1, 0.15) is 36.1 Å². The summed E-state index contributed by atoms with van der Waals surface area (Å²) in [5, 5.41) is 7.78. The molecule has 9 heteroatoms. The number of benzene rings is 1. The van der Waals surface area contributed by atoms with Gasteiger partial charge in [-0.3, -0.25) is 9.36 Å². The molecule has 1 saturated heterocycles. The molecule has 1 aliphatic heterocycles. The number of nitrogens with one attached hydrogen (secondary N) is 2. The van der Waals surface area contributed by atoms with Crippen molar-refractivity contribution in [1.29, 1.82) is 0 Å². The van der Waals surface area contributed by atoms with Gasteiger partial charge in [-0.25, -0.2) is 9.97 Å². The minimum atomic E-state index is -0.221. The summed E-state index contributed by atoms with van der Waals surface area (Å²) in [4.78, 5) is 26.8. The van der Waals surface area contributed by atoms with E-state index in [9.17, 15) is 4.79 Å². The van der Waals surface area contributed by atoms with Crippen LogP contribution < -0.4 is 16.2 Å². The van der Waals surface area contributed by atoms with Gasteiger partial charge in [-0.05, 0) is 68.5 Å². The van der Waals surface area contributed by atoms with Crippen molar-refractivity contribution in [3.63, 3.8) is 0 Å². The number of nitrogens with zero attached hydrogens (tertiary/aromatic N) is 4. The molecule has 3 aromatic heterocycles. The average molecular weight is 499 g/mol. The van der Waals surface area contributed by atoms with Gasteiger partial charge in [0.2, 0.25) is 5.95 Å². The Labute approximate surface area is 214 Å². The van der Waals surface area contributed by atoms with Crippen LogP contribution in [0.25, 0.3) is 11.0 Å². The molecule has 0 amide bonds. The van der Waals surface area contributed by atoms with Crippen molar-refractivity contribution in [3.05, 3.63) is 70.1 Å². The molecule has 1 aromatic carbocycles. The summed E-state index contributed by atoms with van der Waals surface area (Å²) in [5.74, 6) is 7.74. The van der Waals surface area contributed by atoms with Gasteiger partial charge in [-0.2, -0.15) is 4.98 Å². The van der Waals surface area contributed by atoms with Gasteiger partial charge in [0, 0.05) is 23.2 Å². The fourth-order valence-electron chi connectivity index (χ4n) is 4.46. The molecule has 8 nitrogen and oxygen atoms in total. The smallest absolute Gasteiger partial charge is 0.268 e. The second-order valence-electron chi connectivity index (χ2n) is 9.45. The van der Waals surface area contributed by atoms with Crippen LogP contribution in [0.3, 0.4) is 0 Å². The lowest BCUT2D eigenvalue weighted by Gasteiger charge is -2.12. The molecule has 2 fully saturated rings. The molecule has 1 unspecified atom stereocenters. The Morgan fingerprint density at radius 1 is 1.19 bits per heavy atom. The molecule has 6 rings (SSSR count). The van der Waals surface area contributed by atoms with Crippen LogP contribution in [0.4, 0.5) is 11.6 Å². The molecular formula is C27H26N6O2S. The topological polar surface area (TPSA) is 97.9 Å². The first-order chi connectivity index (χ1) is 17.6. The summed E-state index contributed by atoms with van der Waals surface area (Å²) in [6.07, 6.45) is 7.52. The van der Waals surface area contributed by atoms with E-state index in [1.165, 1.54) is 18.4 Å². The highest BCUT2D eigenvalue weighted by molar-refractivity contribution is 7.80. The standard InChI is InChI=1S/C27H26N6O2S/c34-25-20(6-3-17-1-2-17)12-21-14-29-27(32-24(21)33(25)15-23-26(36)35-16-30-23)31-22-7-4-18(5-8-22)11-19-9-10-28-13-19/h4-5,7-8,12,14,16-17,19,28,36H,1-2,9-11,13,15H2,(H,29,31,32). The molecular weight excluding hydrogens is 472 g/mol. The van der Waals surface area contributed by atoms with Gasteiger partial charge in [0.25, 0.3) is 5.56 Å². The molecule has 4 heterocycles. The zero-order valence-electron chi connectivity index (χ0n) is 19.7. The Kier molecular flexibility index (Phi) is 6.21. The molecule has 2 aliphatic rings. The van der Waals surface area contributed by atoms with Gasteiger partial charge in [0.05, 0.1) is 12.1 Å². The van der Waals surface area contributed by atoms with E-state index >= 15 is 0 Å². The lowest BCUT2D eigenvalue weighted by atomic mass is 9.99.